The Kier molecular flexibility index (Phi) is 2.50. The summed E-state index contributed by atoms with van der Waals surface area (Å²) in [5.74, 6) is 1.09. The van der Waals surface area contributed by atoms with Crippen molar-refractivity contribution in [2.75, 3.05) is 5.32 Å². The van der Waals surface area contributed by atoms with Crippen molar-refractivity contribution in [3.05, 3.63) is 16.8 Å². The van der Waals surface area contributed by atoms with Gasteiger partial charge in [-0.05, 0) is 44.1 Å². The molecule has 0 aromatic carbocycles. The lowest BCUT2D eigenvalue weighted by atomic mass is 10.1. The van der Waals surface area contributed by atoms with Gasteiger partial charge in [0.25, 0.3) is 0 Å². The molecule has 2 heterocycles. The second-order valence-corrected chi connectivity index (χ2v) is 6.47. The SMILES string of the molecule is c1nc(NC2CC2)c2c3c(sc2n1)CCCCC3. The van der Waals surface area contributed by atoms with Crippen LogP contribution in [0.5, 0.6) is 0 Å². The molecule has 2 aliphatic rings. The number of hydrogen-bond donors (Lipinski definition) is 1. The highest BCUT2D eigenvalue weighted by molar-refractivity contribution is 7.18. The van der Waals surface area contributed by atoms with E-state index in [2.05, 4.69) is 15.3 Å². The molecule has 1 fully saturated rings. The van der Waals surface area contributed by atoms with E-state index in [1.807, 2.05) is 11.3 Å². The highest BCUT2D eigenvalue weighted by Crippen LogP contribution is 2.38. The Balaban J connectivity index is 1.87. The van der Waals surface area contributed by atoms with E-state index in [-0.39, 0.29) is 0 Å². The molecular formula is C14H17N3S. The van der Waals surface area contributed by atoms with Gasteiger partial charge in [0.2, 0.25) is 0 Å². The summed E-state index contributed by atoms with van der Waals surface area (Å²) in [6.07, 6.45) is 10.7. The number of thiophene rings is 1. The van der Waals surface area contributed by atoms with Crippen LogP contribution in [0.15, 0.2) is 6.33 Å². The summed E-state index contributed by atoms with van der Waals surface area (Å²) in [4.78, 5) is 11.7. The number of fused-ring (bicyclic) bond motifs is 3. The number of aryl methyl sites for hydroxylation is 2. The summed E-state index contributed by atoms with van der Waals surface area (Å²) in [7, 11) is 0. The van der Waals surface area contributed by atoms with Gasteiger partial charge >= 0.3 is 0 Å². The summed E-state index contributed by atoms with van der Waals surface area (Å²) in [6.45, 7) is 0. The van der Waals surface area contributed by atoms with Gasteiger partial charge in [-0.1, -0.05) is 6.42 Å². The van der Waals surface area contributed by atoms with E-state index in [4.69, 9.17) is 0 Å². The van der Waals surface area contributed by atoms with Crippen LogP contribution in [0.1, 0.15) is 42.5 Å². The predicted molar refractivity (Wildman–Crippen MR) is 75.3 cm³/mol. The monoisotopic (exact) mass is 259 g/mol. The third kappa shape index (κ3) is 1.79. The van der Waals surface area contributed by atoms with Crippen molar-refractivity contribution in [3.8, 4) is 0 Å². The van der Waals surface area contributed by atoms with Crippen LogP contribution in [-0.2, 0) is 12.8 Å². The highest BCUT2D eigenvalue weighted by Gasteiger charge is 2.24. The molecule has 2 aromatic heterocycles. The maximum Gasteiger partial charge on any atom is 0.138 e. The van der Waals surface area contributed by atoms with Crippen LogP contribution in [-0.4, -0.2) is 16.0 Å². The van der Waals surface area contributed by atoms with E-state index in [1.54, 1.807) is 11.2 Å². The summed E-state index contributed by atoms with van der Waals surface area (Å²) >= 11 is 1.88. The summed E-state index contributed by atoms with van der Waals surface area (Å²) < 4.78 is 0. The Labute approximate surface area is 111 Å². The molecule has 0 amide bonds. The number of rotatable bonds is 2. The average Bonchev–Trinajstić information content (AvgIpc) is 3.15. The quantitative estimate of drug-likeness (QED) is 0.838. The van der Waals surface area contributed by atoms with E-state index < -0.39 is 0 Å². The standard InChI is InChI=1S/C14H17N3S/c1-2-4-10-11(5-3-1)18-14-12(10)13(15-8-16-14)17-9-6-7-9/h8-9H,1-7H2,(H,15,16,17). The molecule has 94 valence electrons. The fourth-order valence-corrected chi connectivity index (χ4v) is 4.03. The van der Waals surface area contributed by atoms with Crippen molar-refractivity contribution in [3.63, 3.8) is 0 Å². The van der Waals surface area contributed by atoms with E-state index in [9.17, 15) is 0 Å². The lowest BCUT2D eigenvalue weighted by Crippen LogP contribution is -2.04. The Morgan fingerprint density at radius 2 is 2.00 bits per heavy atom. The number of anilines is 1. The summed E-state index contributed by atoms with van der Waals surface area (Å²) in [5.41, 5.74) is 1.54. The van der Waals surface area contributed by atoms with Crippen molar-refractivity contribution in [2.45, 2.75) is 51.0 Å². The number of hydrogen-bond acceptors (Lipinski definition) is 4. The third-order valence-corrected chi connectivity index (χ3v) is 5.12. The molecule has 1 N–H and O–H groups in total. The molecule has 2 aromatic rings. The largest absolute Gasteiger partial charge is 0.367 e. The van der Waals surface area contributed by atoms with E-state index in [0.717, 1.165) is 5.82 Å². The van der Waals surface area contributed by atoms with Gasteiger partial charge in [-0.25, -0.2) is 9.97 Å². The molecule has 0 saturated heterocycles. The zero-order valence-electron chi connectivity index (χ0n) is 10.4. The first-order valence-corrected chi connectivity index (χ1v) is 7.75. The van der Waals surface area contributed by atoms with Gasteiger partial charge in [0, 0.05) is 10.9 Å². The van der Waals surface area contributed by atoms with E-state index in [0.29, 0.717) is 6.04 Å². The Bertz CT molecular complexity index is 586. The van der Waals surface area contributed by atoms with Gasteiger partial charge in [0.05, 0.1) is 5.39 Å². The van der Waals surface area contributed by atoms with Crippen molar-refractivity contribution in [1.29, 1.82) is 0 Å². The average molecular weight is 259 g/mol. The normalized spacial score (nSPS) is 19.6. The molecule has 0 unspecified atom stereocenters. The van der Waals surface area contributed by atoms with Crippen molar-refractivity contribution < 1.29 is 0 Å². The van der Waals surface area contributed by atoms with Gasteiger partial charge in [-0.15, -0.1) is 11.3 Å². The third-order valence-electron chi connectivity index (χ3n) is 3.92. The van der Waals surface area contributed by atoms with Gasteiger partial charge in [-0.3, -0.25) is 0 Å². The smallest absolute Gasteiger partial charge is 0.138 e. The van der Waals surface area contributed by atoms with Gasteiger partial charge in [-0.2, -0.15) is 0 Å². The van der Waals surface area contributed by atoms with Crippen LogP contribution in [0.3, 0.4) is 0 Å². The minimum Gasteiger partial charge on any atom is -0.367 e. The summed E-state index contributed by atoms with van der Waals surface area (Å²) in [6, 6.07) is 0.657. The molecule has 0 bridgehead atoms. The molecule has 1 saturated carbocycles. The minimum atomic E-state index is 0.657. The number of nitrogens with one attached hydrogen (secondary N) is 1. The summed E-state index contributed by atoms with van der Waals surface area (Å²) in [5, 5.41) is 4.90. The highest BCUT2D eigenvalue weighted by atomic mass is 32.1. The van der Waals surface area contributed by atoms with Crippen LogP contribution < -0.4 is 5.32 Å². The maximum absolute atomic E-state index is 4.48. The second-order valence-electron chi connectivity index (χ2n) is 5.39. The first-order valence-electron chi connectivity index (χ1n) is 6.93. The molecule has 4 heteroatoms. The van der Waals surface area contributed by atoms with Crippen LogP contribution in [0.4, 0.5) is 5.82 Å². The fourth-order valence-electron chi connectivity index (χ4n) is 2.80. The fraction of sp³-hybridized carbons (Fsp3) is 0.571. The van der Waals surface area contributed by atoms with Gasteiger partial charge in [0.15, 0.2) is 0 Å². The minimum absolute atomic E-state index is 0.657. The maximum atomic E-state index is 4.48. The lowest BCUT2D eigenvalue weighted by Gasteiger charge is -2.06. The van der Waals surface area contributed by atoms with Crippen molar-refractivity contribution in [2.24, 2.45) is 0 Å². The molecular weight excluding hydrogens is 242 g/mol. The molecule has 4 rings (SSSR count). The number of aromatic nitrogens is 2. The first-order chi connectivity index (χ1) is 8.92. The van der Waals surface area contributed by atoms with Gasteiger partial charge < -0.3 is 5.32 Å². The zero-order valence-corrected chi connectivity index (χ0v) is 11.2. The van der Waals surface area contributed by atoms with Crippen LogP contribution in [0.2, 0.25) is 0 Å². The Morgan fingerprint density at radius 1 is 1.11 bits per heavy atom. The second kappa shape index (κ2) is 4.19. The molecule has 0 aliphatic heterocycles. The number of nitrogens with zero attached hydrogens (tertiary/aromatic N) is 2. The van der Waals surface area contributed by atoms with Crippen molar-refractivity contribution in [1.82, 2.24) is 9.97 Å². The van der Waals surface area contributed by atoms with E-state index >= 15 is 0 Å². The molecule has 0 radical (unpaired) electrons. The van der Waals surface area contributed by atoms with Crippen LogP contribution >= 0.6 is 11.3 Å². The van der Waals surface area contributed by atoms with E-state index in [1.165, 1.54) is 60.7 Å². The zero-order chi connectivity index (χ0) is 11.9. The Hall–Kier alpha value is -1.16. The molecule has 2 aliphatic carbocycles. The van der Waals surface area contributed by atoms with Gasteiger partial charge in [0.1, 0.15) is 17.0 Å². The molecule has 0 spiro atoms. The van der Waals surface area contributed by atoms with Crippen molar-refractivity contribution >= 4 is 27.4 Å². The first kappa shape index (κ1) is 10.7. The molecule has 18 heavy (non-hydrogen) atoms. The Morgan fingerprint density at radius 3 is 2.89 bits per heavy atom. The van der Waals surface area contributed by atoms with Crippen LogP contribution in [0, 0.1) is 0 Å². The molecule has 0 atom stereocenters. The van der Waals surface area contributed by atoms with Crippen LogP contribution in [0.25, 0.3) is 10.2 Å². The topological polar surface area (TPSA) is 37.8 Å². The predicted octanol–water partition coefficient (Wildman–Crippen LogP) is 3.53. The lowest BCUT2D eigenvalue weighted by molar-refractivity contribution is 0.713. The molecule has 3 nitrogen and oxygen atoms in total.